The van der Waals surface area contributed by atoms with Crippen LogP contribution in [0.15, 0.2) is 60.7 Å². The fourth-order valence-corrected chi connectivity index (χ4v) is 2.44. The van der Waals surface area contributed by atoms with Gasteiger partial charge in [0.15, 0.2) is 0 Å². The molecule has 4 N–H and O–H groups in total. The van der Waals surface area contributed by atoms with Gasteiger partial charge in [0.25, 0.3) is 5.91 Å². The lowest BCUT2D eigenvalue weighted by Crippen LogP contribution is -2.17. The van der Waals surface area contributed by atoms with Gasteiger partial charge in [-0.25, -0.2) is 0 Å². The quantitative estimate of drug-likeness (QED) is 0.647. The third-order valence-corrected chi connectivity index (χ3v) is 3.60. The van der Waals surface area contributed by atoms with Crippen LogP contribution in [0.5, 0.6) is 0 Å². The zero-order valence-electron chi connectivity index (χ0n) is 12.3. The van der Waals surface area contributed by atoms with Gasteiger partial charge >= 0.3 is 0 Å². The van der Waals surface area contributed by atoms with Gasteiger partial charge in [0.1, 0.15) is 0 Å². The molecule has 22 heavy (non-hydrogen) atoms. The van der Waals surface area contributed by atoms with Crippen LogP contribution in [-0.2, 0) is 0 Å². The fourth-order valence-electron chi connectivity index (χ4n) is 2.44. The Bertz CT molecular complexity index is 837. The summed E-state index contributed by atoms with van der Waals surface area (Å²) in [5, 5.41) is 8.21. The molecule has 0 aliphatic carbocycles. The van der Waals surface area contributed by atoms with Crippen LogP contribution in [0.2, 0.25) is 0 Å². The predicted octanol–water partition coefficient (Wildman–Crippen LogP) is 3.53. The van der Waals surface area contributed by atoms with Gasteiger partial charge in [-0.1, -0.05) is 36.4 Å². The van der Waals surface area contributed by atoms with E-state index < -0.39 is 0 Å². The zero-order valence-corrected chi connectivity index (χ0v) is 12.3. The van der Waals surface area contributed by atoms with Gasteiger partial charge in [0, 0.05) is 23.7 Å². The van der Waals surface area contributed by atoms with Crippen molar-refractivity contribution in [3.63, 3.8) is 0 Å². The first-order valence-electron chi connectivity index (χ1n) is 7.05. The second-order valence-corrected chi connectivity index (χ2v) is 5.03. The van der Waals surface area contributed by atoms with Crippen LogP contribution >= 0.6 is 0 Å². The van der Waals surface area contributed by atoms with E-state index in [1.165, 1.54) is 0 Å². The van der Waals surface area contributed by atoms with Crippen LogP contribution < -0.4 is 16.4 Å². The standard InChI is InChI=1S/C18H17N3O/c1-20-18(22)13-9-10-17(15(19)11-13)21-16-8-4-6-12-5-2-3-7-14(12)16/h2-11,21H,19H2,1H3,(H,20,22). The number of hydrogen-bond donors (Lipinski definition) is 3. The third kappa shape index (κ3) is 2.59. The van der Waals surface area contributed by atoms with E-state index in [9.17, 15) is 4.79 Å². The summed E-state index contributed by atoms with van der Waals surface area (Å²) in [5.41, 5.74) is 8.91. The highest BCUT2D eigenvalue weighted by atomic mass is 16.1. The molecule has 0 fully saturated rings. The number of benzene rings is 3. The number of amides is 1. The van der Waals surface area contributed by atoms with E-state index in [4.69, 9.17) is 5.73 Å². The van der Waals surface area contributed by atoms with E-state index in [2.05, 4.69) is 28.8 Å². The summed E-state index contributed by atoms with van der Waals surface area (Å²) in [6.07, 6.45) is 0. The van der Waals surface area contributed by atoms with Crippen molar-refractivity contribution in [2.45, 2.75) is 0 Å². The molecule has 4 nitrogen and oxygen atoms in total. The Balaban J connectivity index is 1.97. The number of anilines is 3. The first-order valence-corrected chi connectivity index (χ1v) is 7.05. The summed E-state index contributed by atoms with van der Waals surface area (Å²) in [7, 11) is 1.60. The second-order valence-electron chi connectivity index (χ2n) is 5.03. The molecule has 0 radical (unpaired) electrons. The summed E-state index contributed by atoms with van der Waals surface area (Å²) >= 11 is 0. The number of nitrogens with one attached hydrogen (secondary N) is 2. The van der Waals surface area contributed by atoms with E-state index in [1.54, 1.807) is 19.2 Å². The lowest BCUT2D eigenvalue weighted by molar-refractivity contribution is 0.0963. The van der Waals surface area contributed by atoms with Gasteiger partial charge in [-0.3, -0.25) is 4.79 Å². The zero-order chi connectivity index (χ0) is 15.5. The molecule has 0 aliphatic rings. The molecule has 0 heterocycles. The van der Waals surface area contributed by atoms with E-state index >= 15 is 0 Å². The molecule has 0 aromatic heterocycles. The van der Waals surface area contributed by atoms with E-state index in [0.29, 0.717) is 11.3 Å². The minimum Gasteiger partial charge on any atom is -0.397 e. The molecule has 3 rings (SSSR count). The molecule has 3 aromatic rings. The minimum absolute atomic E-state index is 0.150. The number of hydrogen-bond acceptors (Lipinski definition) is 3. The maximum absolute atomic E-state index is 11.6. The molecule has 110 valence electrons. The topological polar surface area (TPSA) is 67.2 Å². The van der Waals surface area contributed by atoms with Crippen molar-refractivity contribution in [1.82, 2.24) is 5.32 Å². The first kappa shape index (κ1) is 13.9. The number of carbonyl (C=O) groups excluding carboxylic acids is 1. The van der Waals surface area contributed by atoms with Gasteiger partial charge in [-0.2, -0.15) is 0 Å². The first-order chi connectivity index (χ1) is 10.7. The molecular weight excluding hydrogens is 274 g/mol. The summed E-state index contributed by atoms with van der Waals surface area (Å²) in [6.45, 7) is 0. The van der Waals surface area contributed by atoms with Crippen LogP contribution in [-0.4, -0.2) is 13.0 Å². The maximum Gasteiger partial charge on any atom is 0.251 e. The van der Waals surface area contributed by atoms with Crippen LogP contribution in [0.4, 0.5) is 17.1 Å². The Kier molecular flexibility index (Phi) is 3.66. The lowest BCUT2D eigenvalue weighted by atomic mass is 10.1. The van der Waals surface area contributed by atoms with Crippen LogP contribution in [0.1, 0.15) is 10.4 Å². The smallest absolute Gasteiger partial charge is 0.251 e. The molecule has 3 aromatic carbocycles. The average Bonchev–Trinajstić information content (AvgIpc) is 2.56. The van der Waals surface area contributed by atoms with Crippen molar-refractivity contribution in [3.05, 3.63) is 66.2 Å². The van der Waals surface area contributed by atoms with Crippen LogP contribution in [0.3, 0.4) is 0 Å². The lowest BCUT2D eigenvalue weighted by Gasteiger charge is -2.13. The predicted molar refractivity (Wildman–Crippen MR) is 91.5 cm³/mol. The molecule has 0 saturated heterocycles. The Morgan fingerprint density at radius 3 is 2.50 bits per heavy atom. The number of rotatable bonds is 3. The van der Waals surface area contributed by atoms with Crippen molar-refractivity contribution < 1.29 is 4.79 Å². The second kappa shape index (κ2) is 5.77. The van der Waals surface area contributed by atoms with Crippen molar-refractivity contribution in [3.8, 4) is 0 Å². The van der Waals surface area contributed by atoms with E-state index in [-0.39, 0.29) is 5.91 Å². The maximum atomic E-state index is 11.6. The number of carbonyl (C=O) groups is 1. The molecule has 4 heteroatoms. The van der Waals surface area contributed by atoms with Gasteiger partial charge in [-0.05, 0) is 29.7 Å². The monoisotopic (exact) mass is 291 g/mol. The van der Waals surface area contributed by atoms with Crippen molar-refractivity contribution in [2.75, 3.05) is 18.1 Å². The van der Waals surface area contributed by atoms with Crippen molar-refractivity contribution >= 4 is 33.7 Å². The largest absolute Gasteiger partial charge is 0.397 e. The molecule has 0 unspecified atom stereocenters. The molecule has 0 spiro atoms. The molecule has 0 bridgehead atoms. The third-order valence-electron chi connectivity index (χ3n) is 3.60. The molecule has 1 amide bonds. The Labute approximate surface area is 129 Å². The van der Waals surface area contributed by atoms with Gasteiger partial charge in [-0.15, -0.1) is 0 Å². The summed E-state index contributed by atoms with van der Waals surface area (Å²) < 4.78 is 0. The van der Waals surface area contributed by atoms with Gasteiger partial charge in [0.2, 0.25) is 0 Å². The van der Waals surface area contributed by atoms with Crippen molar-refractivity contribution in [2.24, 2.45) is 0 Å². The SMILES string of the molecule is CNC(=O)c1ccc(Nc2cccc3ccccc23)c(N)c1. The summed E-state index contributed by atoms with van der Waals surface area (Å²) in [5.74, 6) is -0.150. The highest BCUT2D eigenvalue weighted by molar-refractivity contribution is 5.98. The Morgan fingerprint density at radius 1 is 0.955 bits per heavy atom. The Morgan fingerprint density at radius 2 is 1.73 bits per heavy atom. The highest BCUT2D eigenvalue weighted by Gasteiger charge is 2.08. The average molecular weight is 291 g/mol. The number of nitrogens with two attached hydrogens (primary N) is 1. The molecular formula is C18H17N3O. The summed E-state index contributed by atoms with van der Waals surface area (Å²) in [4.78, 5) is 11.6. The van der Waals surface area contributed by atoms with Gasteiger partial charge in [0.05, 0.1) is 11.4 Å². The fraction of sp³-hybridized carbons (Fsp3) is 0.0556. The van der Waals surface area contributed by atoms with E-state index in [1.807, 2.05) is 30.3 Å². The van der Waals surface area contributed by atoms with Crippen LogP contribution in [0.25, 0.3) is 10.8 Å². The van der Waals surface area contributed by atoms with Gasteiger partial charge < -0.3 is 16.4 Å². The molecule has 0 saturated carbocycles. The molecule has 0 atom stereocenters. The van der Waals surface area contributed by atoms with Crippen LogP contribution in [0, 0.1) is 0 Å². The number of fused-ring (bicyclic) bond motifs is 1. The molecule has 0 aliphatic heterocycles. The normalized spacial score (nSPS) is 10.4. The van der Waals surface area contributed by atoms with E-state index in [0.717, 1.165) is 22.1 Å². The number of nitrogen functional groups attached to an aromatic ring is 1. The highest BCUT2D eigenvalue weighted by Crippen LogP contribution is 2.29. The Hall–Kier alpha value is -3.01. The summed E-state index contributed by atoms with van der Waals surface area (Å²) in [6, 6.07) is 19.5. The van der Waals surface area contributed by atoms with Crippen molar-refractivity contribution in [1.29, 1.82) is 0 Å². The minimum atomic E-state index is -0.150.